The van der Waals surface area contributed by atoms with Gasteiger partial charge in [0.15, 0.2) is 0 Å². The van der Waals surface area contributed by atoms with Crippen molar-refractivity contribution in [1.82, 2.24) is 4.90 Å². The highest BCUT2D eigenvalue weighted by Crippen LogP contribution is 2.40. The lowest BCUT2D eigenvalue weighted by atomic mass is 9.97. The van der Waals surface area contributed by atoms with Crippen molar-refractivity contribution in [3.05, 3.63) is 82.9 Å². The van der Waals surface area contributed by atoms with Crippen molar-refractivity contribution in [3.8, 4) is 22.6 Å². The number of rotatable bonds is 12. The van der Waals surface area contributed by atoms with Gasteiger partial charge in [-0.1, -0.05) is 30.3 Å². The lowest BCUT2D eigenvalue weighted by Crippen LogP contribution is -2.46. The van der Waals surface area contributed by atoms with Gasteiger partial charge in [0, 0.05) is 19.6 Å². The van der Waals surface area contributed by atoms with Gasteiger partial charge in [0.1, 0.15) is 34.7 Å². The van der Waals surface area contributed by atoms with E-state index in [4.69, 9.17) is 14.2 Å². The molecule has 0 spiro atoms. The Morgan fingerprint density at radius 1 is 0.921 bits per heavy atom. The van der Waals surface area contributed by atoms with Gasteiger partial charge in [-0.3, -0.25) is 4.79 Å². The molecule has 0 aromatic heterocycles. The first-order chi connectivity index (χ1) is 18.2. The summed E-state index contributed by atoms with van der Waals surface area (Å²) in [5.74, 6) is -3.22. The molecule has 0 bridgehead atoms. The maximum atomic E-state index is 14.2. The summed E-state index contributed by atoms with van der Waals surface area (Å²) in [6.07, 6.45) is -0.0627. The van der Waals surface area contributed by atoms with Crippen LogP contribution in [-0.2, 0) is 22.6 Å². The molecule has 0 fully saturated rings. The highest BCUT2D eigenvalue weighted by molar-refractivity contribution is 5.97. The molecule has 0 aliphatic carbocycles. The molecule has 3 rings (SSSR count). The second kappa shape index (κ2) is 13.0. The molecule has 3 aromatic rings. The predicted molar refractivity (Wildman–Crippen MR) is 139 cm³/mol. The number of likely N-dealkylation sites (N-methyl/N-ethyl adjacent to an activating group) is 1. The van der Waals surface area contributed by atoms with Crippen LogP contribution in [0.1, 0.15) is 35.3 Å². The van der Waals surface area contributed by atoms with Gasteiger partial charge in [-0.2, -0.15) is 0 Å². The van der Waals surface area contributed by atoms with E-state index in [1.165, 1.54) is 0 Å². The highest BCUT2D eigenvalue weighted by atomic mass is 19.1. The average Bonchev–Trinajstić information content (AvgIpc) is 2.91. The minimum absolute atomic E-state index is 0.0514. The standard InChI is InChI=1S/C29H31F2NO6/c1-5-32(28(33)27-21(30)8-7-9-22(27)31)23(29(34)35)14-18-10-12-20(13-11-18)26-24(36-3)15-19(17-38-6-2)16-25(26)37-4/h7-13,15-16,23H,5-6,14,17H2,1-4H3,(H,34,35)/t23-/m0/s1. The van der Waals surface area contributed by atoms with Gasteiger partial charge in [-0.25, -0.2) is 13.6 Å². The summed E-state index contributed by atoms with van der Waals surface area (Å²) >= 11 is 0. The number of nitrogens with zero attached hydrogens (tertiary/aromatic N) is 1. The number of aliphatic carboxylic acids is 1. The number of carbonyl (C=O) groups is 2. The van der Waals surface area contributed by atoms with E-state index >= 15 is 0 Å². The number of hydrogen-bond acceptors (Lipinski definition) is 5. The lowest BCUT2D eigenvalue weighted by Gasteiger charge is -2.28. The minimum atomic E-state index is -1.33. The molecule has 1 atom stereocenters. The molecule has 0 saturated heterocycles. The van der Waals surface area contributed by atoms with Crippen LogP contribution in [0.2, 0.25) is 0 Å². The van der Waals surface area contributed by atoms with Gasteiger partial charge < -0.3 is 24.2 Å². The van der Waals surface area contributed by atoms with Crippen molar-refractivity contribution in [2.24, 2.45) is 0 Å². The Morgan fingerprint density at radius 2 is 1.50 bits per heavy atom. The maximum Gasteiger partial charge on any atom is 0.326 e. The summed E-state index contributed by atoms with van der Waals surface area (Å²) in [7, 11) is 3.12. The molecule has 0 unspecified atom stereocenters. The van der Waals surface area contributed by atoms with Crippen LogP contribution in [-0.4, -0.2) is 55.3 Å². The van der Waals surface area contributed by atoms with E-state index in [2.05, 4.69) is 0 Å². The molecule has 0 saturated carbocycles. The van der Waals surface area contributed by atoms with E-state index in [0.717, 1.165) is 39.8 Å². The third-order valence-electron chi connectivity index (χ3n) is 6.15. The Kier molecular flexibility index (Phi) is 9.78. The van der Waals surface area contributed by atoms with Crippen molar-refractivity contribution < 1.29 is 37.7 Å². The van der Waals surface area contributed by atoms with Crippen molar-refractivity contribution in [3.63, 3.8) is 0 Å². The number of amides is 1. The molecule has 1 amide bonds. The summed E-state index contributed by atoms with van der Waals surface area (Å²) in [6.45, 7) is 4.39. The average molecular weight is 528 g/mol. The number of hydrogen-bond donors (Lipinski definition) is 1. The van der Waals surface area contributed by atoms with Crippen LogP contribution in [0.5, 0.6) is 11.5 Å². The molecule has 0 aliphatic rings. The number of ether oxygens (including phenoxy) is 3. The molecule has 0 heterocycles. The second-order valence-corrected chi connectivity index (χ2v) is 8.46. The molecular weight excluding hydrogens is 496 g/mol. The number of benzene rings is 3. The Hall–Kier alpha value is -3.98. The normalized spacial score (nSPS) is 11.6. The van der Waals surface area contributed by atoms with Crippen molar-refractivity contribution in [2.75, 3.05) is 27.4 Å². The predicted octanol–water partition coefficient (Wildman–Crippen LogP) is 5.34. The van der Waals surface area contributed by atoms with E-state index in [9.17, 15) is 23.5 Å². The highest BCUT2D eigenvalue weighted by Gasteiger charge is 2.32. The molecule has 202 valence electrons. The molecule has 3 aromatic carbocycles. The number of halogens is 2. The Morgan fingerprint density at radius 3 is 1.97 bits per heavy atom. The zero-order valence-electron chi connectivity index (χ0n) is 21.8. The first-order valence-electron chi connectivity index (χ1n) is 12.1. The lowest BCUT2D eigenvalue weighted by molar-refractivity contribution is -0.142. The number of carbonyl (C=O) groups excluding carboxylic acids is 1. The zero-order valence-corrected chi connectivity index (χ0v) is 21.8. The second-order valence-electron chi connectivity index (χ2n) is 8.46. The topological polar surface area (TPSA) is 85.3 Å². The SMILES string of the molecule is CCOCc1cc(OC)c(-c2ccc(C[C@@H](C(=O)O)N(CC)C(=O)c3c(F)cccc3F)cc2)c(OC)c1. The first kappa shape index (κ1) is 28.6. The van der Waals surface area contributed by atoms with Crippen LogP contribution in [0.25, 0.3) is 11.1 Å². The van der Waals surface area contributed by atoms with E-state index in [1.807, 2.05) is 19.1 Å². The van der Waals surface area contributed by atoms with Crippen LogP contribution in [0, 0.1) is 11.6 Å². The van der Waals surface area contributed by atoms with Gasteiger partial charge in [0.05, 0.1) is 26.4 Å². The van der Waals surface area contributed by atoms with Crippen molar-refractivity contribution in [2.45, 2.75) is 32.9 Å². The van der Waals surface area contributed by atoms with E-state index in [0.29, 0.717) is 30.3 Å². The zero-order chi connectivity index (χ0) is 27.8. The largest absolute Gasteiger partial charge is 0.496 e. The third-order valence-corrected chi connectivity index (χ3v) is 6.15. The molecule has 0 radical (unpaired) electrons. The van der Waals surface area contributed by atoms with E-state index in [-0.39, 0.29) is 13.0 Å². The van der Waals surface area contributed by atoms with Crippen molar-refractivity contribution >= 4 is 11.9 Å². The fraction of sp³-hybridized carbons (Fsp3) is 0.310. The summed E-state index contributed by atoms with van der Waals surface area (Å²) in [4.78, 5) is 26.1. The number of methoxy groups -OCH3 is 2. The molecule has 0 aliphatic heterocycles. The van der Waals surface area contributed by atoms with Crippen LogP contribution >= 0.6 is 0 Å². The fourth-order valence-electron chi connectivity index (χ4n) is 4.27. The summed E-state index contributed by atoms with van der Waals surface area (Å²) < 4.78 is 45.2. The molecular formula is C29H31F2NO6. The Bertz CT molecular complexity index is 1230. The summed E-state index contributed by atoms with van der Waals surface area (Å²) in [5, 5.41) is 9.90. The first-order valence-corrected chi connectivity index (χ1v) is 12.1. The van der Waals surface area contributed by atoms with E-state index < -0.39 is 35.1 Å². The van der Waals surface area contributed by atoms with Gasteiger partial charge in [-0.05, 0) is 54.8 Å². The third kappa shape index (κ3) is 6.28. The van der Waals surface area contributed by atoms with Crippen LogP contribution < -0.4 is 9.47 Å². The van der Waals surface area contributed by atoms with Crippen LogP contribution in [0.4, 0.5) is 8.78 Å². The summed E-state index contributed by atoms with van der Waals surface area (Å²) in [5.41, 5.74) is 2.22. The number of carboxylic acid groups (broad SMARTS) is 1. The molecule has 9 heteroatoms. The smallest absolute Gasteiger partial charge is 0.326 e. The maximum absolute atomic E-state index is 14.2. The van der Waals surface area contributed by atoms with Gasteiger partial charge in [0.2, 0.25) is 0 Å². The molecule has 38 heavy (non-hydrogen) atoms. The van der Waals surface area contributed by atoms with Gasteiger partial charge >= 0.3 is 5.97 Å². The Labute approximate surface area is 220 Å². The van der Waals surface area contributed by atoms with E-state index in [1.54, 1.807) is 45.4 Å². The molecule has 7 nitrogen and oxygen atoms in total. The van der Waals surface area contributed by atoms with Crippen molar-refractivity contribution in [1.29, 1.82) is 0 Å². The van der Waals surface area contributed by atoms with Crippen LogP contribution in [0.3, 0.4) is 0 Å². The quantitative estimate of drug-likeness (QED) is 0.342. The Balaban J connectivity index is 1.91. The monoisotopic (exact) mass is 527 g/mol. The number of carboxylic acids is 1. The minimum Gasteiger partial charge on any atom is -0.496 e. The molecule has 1 N–H and O–H groups in total. The van der Waals surface area contributed by atoms with Crippen LogP contribution in [0.15, 0.2) is 54.6 Å². The van der Waals surface area contributed by atoms with Gasteiger partial charge in [-0.15, -0.1) is 0 Å². The fourth-order valence-corrected chi connectivity index (χ4v) is 4.27. The summed E-state index contributed by atoms with van der Waals surface area (Å²) in [6, 6.07) is 12.5. The van der Waals surface area contributed by atoms with Gasteiger partial charge in [0.25, 0.3) is 5.91 Å².